The highest BCUT2D eigenvalue weighted by Crippen LogP contribution is 2.23. The van der Waals surface area contributed by atoms with Crippen molar-refractivity contribution in [3.8, 4) is 0 Å². The summed E-state index contributed by atoms with van der Waals surface area (Å²) in [6, 6.07) is 1.79. The van der Waals surface area contributed by atoms with Gasteiger partial charge in [-0.1, -0.05) is 13.8 Å². The van der Waals surface area contributed by atoms with Crippen LogP contribution < -0.4 is 5.32 Å². The molecule has 19 heavy (non-hydrogen) atoms. The second-order valence-corrected chi connectivity index (χ2v) is 5.83. The van der Waals surface area contributed by atoms with Gasteiger partial charge in [-0.3, -0.25) is 4.79 Å². The zero-order valence-corrected chi connectivity index (χ0v) is 12.4. The van der Waals surface area contributed by atoms with E-state index in [1.807, 2.05) is 25.4 Å². The molecule has 0 aromatic carbocycles. The lowest BCUT2D eigenvalue weighted by molar-refractivity contribution is 0.0938. The number of nitrogens with one attached hydrogen (secondary N) is 1. The van der Waals surface area contributed by atoms with E-state index in [0.717, 1.165) is 5.82 Å². The molecule has 0 unspecified atom stereocenters. The second kappa shape index (κ2) is 5.52. The fourth-order valence-corrected chi connectivity index (χ4v) is 2.71. The van der Waals surface area contributed by atoms with Crippen molar-refractivity contribution in [1.29, 1.82) is 0 Å². The fraction of sp³-hybridized carbons (Fsp3) is 0.462. The van der Waals surface area contributed by atoms with Gasteiger partial charge in [0.05, 0.1) is 11.6 Å². The summed E-state index contributed by atoms with van der Waals surface area (Å²) >= 11 is 1.62. The molecular formula is C13H18N4OS. The summed E-state index contributed by atoms with van der Waals surface area (Å²) in [6.45, 7) is 6.14. The molecule has 0 spiro atoms. The van der Waals surface area contributed by atoms with E-state index in [-0.39, 0.29) is 11.9 Å². The predicted octanol–water partition coefficient (Wildman–Crippen LogP) is 2.49. The molecule has 0 radical (unpaired) electrons. The molecule has 1 N–H and O–H groups in total. The predicted molar refractivity (Wildman–Crippen MR) is 75.3 cm³/mol. The Morgan fingerprint density at radius 3 is 2.68 bits per heavy atom. The molecule has 0 saturated carbocycles. The molecule has 0 bridgehead atoms. The van der Waals surface area contributed by atoms with E-state index in [1.165, 1.54) is 4.88 Å². The molecule has 5 nitrogen and oxygen atoms in total. The minimum Gasteiger partial charge on any atom is -0.342 e. The first kappa shape index (κ1) is 13.7. The van der Waals surface area contributed by atoms with Crippen LogP contribution in [0.2, 0.25) is 0 Å². The third-order valence-corrected chi connectivity index (χ3v) is 4.17. The van der Waals surface area contributed by atoms with Gasteiger partial charge >= 0.3 is 0 Å². The van der Waals surface area contributed by atoms with Gasteiger partial charge in [0.2, 0.25) is 0 Å². The summed E-state index contributed by atoms with van der Waals surface area (Å²) in [4.78, 5) is 13.4. The number of nitrogens with zero attached hydrogens (tertiary/aromatic N) is 3. The van der Waals surface area contributed by atoms with Crippen molar-refractivity contribution in [3.05, 3.63) is 34.0 Å². The molecule has 2 heterocycles. The summed E-state index contributed by atoms with van der Waals surface area (Å²) < 4.78 is 1.80. The third kappa shape index (κ3) is 3.01. The number of hydrogen-bond acceptors (Lipinski definition) is 4. The summed E-state index contributed by atoms with van der Waals surface area (Å²) in [5.41, 5.74) is 0.711. The zero-order chi connectivity index (χ0) is 14.0. The molecule has 0 fully saturated rings. The van der Waals surface area contributed by atoms with Crippen molar-refractivity contribution in [2.75, 3.05) is 0 Å². The van der Waals surface area contributed by atoms with Crippen molar-refractivity contribution in [1.82, 2.24) is 20.1 Å². The highest BCUT2D eigenvalue weighted by atomic mass is 32.1. The SMILES string of the molecule is CC(C)c1cc(C(=O)N[C@H](C)c2nncn2C)cs1. The van der Waals surface area contributed by atoms with Gasteiger partial charge in [-0.05, 0) is 18.9 Å². The normalized spacial score (nSPS) is 12.7. The van der Waals surface area contributed by atoms with E-state index in [4.69, 9.17) is 0 Å². The van der Waals surface area contributed by atoms with E-state index in [9.17, 15) is 4.79 Å². The number of aryl methyl sites for hydroxylation is 1. The van der Waals surface area contributed by atoms with Crippen molar-refractivity contribution in [3.63, 3.8) is 0 Å². The van der Waals surface area contributed by atoms with E-state index in [1.54, 1.807) is 22.2 Å². The summed E-state index contributed by atoms with van der Waals surface area (Å²) in [5, 5.41) is 12.6. The minimum atomic E-state index is -0.164. The van der Waals surface area contributed by atoms with Gasteiger partial charge < -0.3 is 9.88 Å². The Balaban J connectivity index is 2.06. The van der Waals surface area contributed by atoms with Crippen LogP contribution >= 0.6 is 11.3 Å². The van der Waals surface area contributed by atoms with Crippen LogP contribution in [0.4, 0.5) is 0 Å². The lowest BCUT2D eigenvalue weighted by atomic mass is 10.1. The Kier molecular flexibility index (Phi) is 3.99. The van der Waals surface area contributed by atoms with Crippen LogP contribution in [-0.4, -0.2) is 20.7 Å². The number of aromatic nitrogens is 3. The van der Waals surface area contributed by atoms with Crippen molar-refractivity contribution in [2.45, 2.75) is 32.7 Å². The molecule has 1 atom stereocenters. The maximum Gasteiger partial charge on any atom is 0.252 e. The Bertz CT molecular complexity index is 573. The minimum absolute atomic E-state index is 0.0707. The summed E-state index contributed by atoms with van der Waals surface area (Å²) in [5.74, 6) is 1.12. The number of carbonyl (C=O) groups excluding carboxylic acids is 1. The fourth-order valence-electron chi connectivity index (χ4n) is 1.80. The van der Waals surface area contributed by atoms with Gasteiger partial charge in [0.15, 0.2) is 5.82 Å². The third-order valence-electron chi connectivity index (χ3n) is 2.93. The number of hydrogen-bond donors (Lipinski definition) is 1. The molecule has 2 aromatic rings. The Morgan fingerprint density at radius 2 is 2.16 bits per heavy atom. The highest BCUT2D eigenvalue weighted by Gasteiger charge is 2.16. The number of rotatable bonds is 4. The van der Waals surface area contributed by atoms with E-state index >= 15 is 0 Å². The number of thiophene rings is 1. The van der Waals surface area contributed by atoms with Crippen LogP contribution in [0, 0.1) is 0 Å². The molecule has 0 saturated heterocycles. The quantitative estimate of drug-likeness (QED) is 0.934. The highest BCUT2D eigenvalue weighted by molar-refractivity contribution is 7.10. The molecule has 102 valence electrons. The Morgan fingerprint density at radius 1 is 1.42 bits per heavy atom. The van der Waals surface area contributed by atoms with E-state index in [2.05, 4.69) is 29.4 Å². The largest absolute Gasteiger partial charge is 0.342 e. The standard InChI is InChI=1S/C13H18N4OS/c1-8(2)11-5-10(6-19-11)13(18)15-9(3)12-16-14-7-17(12)4/h5-9H,1-4H3,(H,15,18)/t9-/m1/s1. The van der Waals surface area contributed by atoms with Crippen LogP contribution in [0.25, 0.3) is 0 Å². The number of carbonyl (C=O) groups is 1. The van der Waals surface area contributed by atoms with Gasteiger partial charge in [-0.25, -0.2) is 0 Å². The van der Waals surface area contributed by atoms with Crippen LogP contribution in [0.15, 0.2) is 17.8 Å². The summed E-state index contributed by atoms with van der Waals surface area (Å²) in [6.07, 6.45) is 1.62. The molecule has 0 aliphatic carbocycles. The Hall–Kier alpha value is -1.69. The molecule has 0 aliphatic rings. The molecule has 1 amide bonds. The first-order chi connectivity index (χ1) is 8.99. The van der Waals surface area contributed by atoms with Crippen LogP contribution in [-0.2, 0) is 7.05 Å². The molecule has 2 aromatic heterocycles. The van der Waals surface area contributed by atoms with Crippen molar-refractivity contribution < 1.29 is 4.79 Å². The lowest BCUT2D eigenvalue weighted by Gasteiger charge is -2.12. The van der Waals surface area contributed by atoms with E-state index in [0.29, 0.717) is 11.5 Å². The average Bonchev–Trinajstić information content (AvgIpc) is 2.96. The first-order valence-corrected chi connectivity index (χ1v) is 7.10. The Labute approximate surface area is 116 Å². The molecule has 6 heteroatoms. The monoisotopic (exact) mass is 278 g/mol. The van der Waals surface area contributed by atoms with Crippen molar-refractivity contribution in [2.24, 2.45) is 7.05 Å². The average molecular weight is 278 g/mol. The molecule has 2 rings (SSSR count). The van der Waals surface area contributed by atoms with Gasteiger partial charge in [0.25, 0.3) is 5.91 Å². The second-order valence-electron chi connectivity index (χ2n) is 4.89. The van der Waals surface area contributed by atoms with Gasteiger partial charge in [-0.2, -0.15) is 0 Å². The lowest BCUT2D eigenvalue weighted by Crippen LogP contribution is -2.28. The zero-order valence-electron chi connectivity index (χ0n) is 11.5. The van der Waals surface area contributed by atoms with Crippen LogP contribution in [0.1, 0.15) is 53.8 Å². The van der Waals surface area contributed by atoms with Crippen LogP contribution in [0.3, 0.4) is 0 Å². The van der Waals surface area contributed by atoms with E-state index < -0.39 is 0 Å². The topological polar surface area (TPSA) is 59.8 Å². The summed E-state index contributed by atoms with van der Waals surface area (Å²) in [7, 11) is 1.86. The molecule has 0 aliphatic heterocycles. The van der Waals surface area contributed by atoms with Gasteiger partial charge in [-0.15, -0.1) is 21.5 Å². The first-order valence-electron chi connectivity index (χ1n) is 6.22. The van der Waals surface area contributed by atoms with Gasteiger partial charge in [0, 0.05) is 17.3 Å². The smallest absolute Gasteiger partial charge is 0.252 e. The maximum atomic E-state index is 12.1. The van der Waals surface area contributed by atoms with Crippen LogP contribution in [0.5, 0.6) is 0 Å². The molecular weight excluding hydrogens is 260 g/mol. The maximum absolute atomic E-state index is 12.1. The van der Waals surface area contributed by atoms with Crippen molar-refractivity contribution >= 4 is 17.2 Å². The van der Waals surface area contributed by atoms with Gasteiger partial charge in [0.1, 0.15) is 6.33 Å². The number of amides is 1.